The first kappa shape index (κ1) is 15.4. The lowest BCUT2D eigenvalue weighted by molar-refractivity contribution is 0.0284. The Morgan fingerprint density at radius 2 is 2.20 bits per heavy atom. The molecule has 0 bridgehead atoms. The van der Waals surface area contributed by atoms with Gasteiger partial charge in [0.2, 0.25) is 0 Å². The van der Waals surface area contributed by atoms with E-state index in [1.54, 1.807) is 13.1 Å². The maximum atomic E-state index is 12.6. The Kier molecular flexibility index (Phi) is 4.49. The van der Waals surface area contributed by atoms with Gasteiger partial charge in [-0.05, 0) is 26.2 Å². The molecule has 112 valence electrons. The van der Waals surface area contributed by atoms with Crippen molar-refractivity contribution >= 4 is 17.2 Å². The van der Waals surface area contributed by atoms with Crippen LogP contribution in [0.5, 0.6) is 0 Å². The second-order valence-corrected chi connectivity index (χ2v) is 7.61. The van der Waals surface area contributed by atoms with Crippen LogP contribution < -0.4 is 0 Å². The third-order valence-corrected chi connectivity index (χ3v) is 5.14. The molecule has 1 N–H and O–H groups in total. The van der Waals surface area contributed by atoms with Crippen molar-refractivity contribution in [2.24, 2.45) is 0 Å². The molecule has 20 heavy (non-hydrogen) atoms. The predicted octanol–water partition coefficient (Wildman–Crippen LogP) is 2.82. The number of likely N-dealkylation sites (tertiary alicyclic amines) is 1. The molecule has 0 aliphatic carbocycles. The lowest BCUT2D eigenvalue weighted by Gasteiger charge is -2.37. The number of nitrogens with zero attached hydrogens (tertiary/aromatic N) is 2. The minimum Gasteiger partial charge on any atom is -0.391 e. The van der Waals surface area contributed by atoms with Gasteiger partial charge in [-0.3, -0.25) is 4.79 Å². The van der Waals surface area contributed by atoms with Gasteiger partial charge < -0.3 is 10.0 Å². The van der Waals surface area contributed by atoms with Crippen LogP contribution in [0.4, 0.5) is 0 Å². The second-order valence-electron chi connectivity index (χ2n) is 6.58. The molecular weight excluding hydrogens is 272 g/mol. The Bertz CT molecular complexity index is 476. The third-order valence-electron chi connectivity index (χ3n) is 3.73. The number of hydrogen-bond donors (Lipinski definition) is 1. The normalized spacial score (nSPS) is 21.9. The summed E-state index contributed by atoms with van der Waals surface area (Å²) in [5.74, 6) is 0.0172. The molecule has 0 radical (unpaired) electrons. The zero-order chi connectivity index (χ0) is 14.9. The zero-order valence-corrected chi connectivity index (χ0v) is 13.5. The van der Waals surface area contributed by atoms with E-state index in [0.29, 0.717) is 4.88 Å². The Morgan fingerprint density at radius 3 is 2.75 bits per heavy atom. The van der Waals surface area contributed by atoms with Gasteiger partial charge in [-0.15, -0.1) is 11.3 Å². The first-order chi connectivity index (χ1) is 9.30. The molecule has 1 aromatic rings. The van der Waals surface area contributed by atoms with Crippen LogP contribution in [0.3, 0.4) is 0 Å². The molecule has 1 aromatic heterocycles. The summed E-state index contributed by atoms with van der Waals surface area (Å²) in [6.07, 6.45) is 4.18. The number of piperidine rings is 1. The molecule has 1 aliphatic rings. The summed E-state index contributed by atoms with van der Waals surface area (Å²) < 4.78 is 0. The number of hydrogen-bond acceptors (Lipinski definition) is 4. The smallest absolute Gasteiger partial charge is 0.265 e. The Labute approximate surface area is 124 Å². The topological polar surface area (TPSA) is 53.4 Å². The van der Waals surface area contributed by atoms with Gasteiger partial charge in [-0.2, -0.15) is 0 Å². The van der Waals surface area contributed by atoms with Crippen LogP contribution >= 0.6 is 11.3 Å². The first-order valence-corrected chi connectivity index (χ1v) is 8.07. The highest BCUT2D eigenvalue weighted by atomic mass is 32.1. The standard InChI is InChI=1S/C15H24N2O2S/c1-10(18)11-7-5-6-8-17(11)13(19)12-9-16-14(20-12)15(2,3)4/h9-11,18H,5-8H2,1-4H3. The van der Waals surface area contributed by atoms with Crippen LogP contribution in [0.2, 0.25) is 0 Å². The van der Waals surface area contributed by atoms with Crippen molar-refractivity contribution in [3.63, 3.8) is 0 Å². The maximum absolute atomic E-state index is 12.6. The SMILES string of the molecule is CC(O)C1CCCCN1C(=O)c1cnc(C(C)(C)C)s1. The van der Waals surface area contributed by atoms with Crippen molar-refractivity contribution in [3.05, 3.63) is 16.1 Å². The minimum atomic E-state index is -0.478. The van der Waals surface area contributed by atoms with Gasteiger partial charge in [-0.1, -0.05) is 20.8 Å². The first-order valence-electron chi connectivity index (χ1n) is 7.26. The van der Waals surface area contributed by atoms with Crippen LogP contribution in [0.1, 0.15) is 61.6 Å². The fraction of sp³-hybridized carbons (Fsp3) is 0.733. The van der Waals surface area contributed by atoms with Crippen LogP contribution in [0.25, 0.3) is 0 Å². The van der Waals surface area contributed by atoms with Crippen LogP contribution in [-0.4, -0.2) is 39.6 Å². The minimum absolute atomic E-state index is 0.0172. The van der Waals surface area contributed by atoms with E-state index in [4.69, 9.17) is 0 Å². The number of aromatic nitrogens is 1. The lowest BCUT2D eigenvalue weighted by atomic mass is 9.98. The molecule has 2 unspecified atom stereocenters. The lowest BCUT2D eigenvalue weighted by Crippen LogP contribution is -2.48. The molecule has 0 saturated carbocycles. The largest absolute Gasteiger partial charge is 0.391 e. The van der Waals surface area contributed by atoms with Crippen LogP contribution in [-0.2, 0) is 5.41 Å². The molecular formula is C15H24N2O2S. The third kappa shape index (κ3) is 3.20. The highest BCUT2D eigenvalue weighted by Crippen LogP contribution is 2.29. The molecule has 1 fully saturated rings. The summed E-state index contributed by atoms with van der Waals surface area (Å²) in [4.78, 5) is 19.5. The number of amides is 1. The monoisotopic (exact) mass is 296 g/mol. The summed E-state index contributed by atoms with van der Waals surface area (Å²) in [6.45, 7) is 8.79. The molecule has 1 aliphatic heterocycles. The van der Waals surface area contributed by atoms with E-state index in [-0.39, 0.29) is 17.4 Å². The van der Waals surface area contributed by atoms with Crippen molar-refractivity contribution in [1.82, 2.24) is 9.88 Å². The van der Waals surface area contributed by atoms with E-state index >= 15 is 0 Å². The molecule has 1 amide bonds. The Morgan fingerprint density at radius 1 is 1.50 bits per heavy atom. The van der Waals surface area contributed by atoms with Gasteiger partial charge >= 0.3 is 0 Å². The van der Waals surface area contributed by atoms with E-state index in [1.807, 2.05) is 4.90 Å². The fourth-order valence-electron chi connectivity index (χ4n) is 2.57. The molecule has 0 spiro atoms. The average Bonchev–Trinajstić information content (AvgIpc) is 2.87. The molecule has 2 atom stereocenters. The van der Waals surface area contributed by atoms with Crippen molar-refractivity contribution in [2.45, 2.75) is 64.5 Å². The van der Waals surface area contributed by atoms with Crippen LogP contribution in [0, 0.1) is 0 Å². The predicted molar refractivity (Wildman–Crippen MR) is 81.2 cm³/mol. The molecule has 4 nitrogen and oxygen atoms in total. The fourth-order valence-corrected chi connectivity index (χ4v) is 3.50. The van der Waals surface area contributed by atoms with Crippen molar-refractivity contribution < 1.29 is 9.90 Å². The molecule has 2 heterocycles. The summed E-state index contributed by atoms with van der Waals surface area (Å²) >= 11 is 1.47. The molecule has 0 aromatic carbocycles. The second kappa shape index (κ2) is 5.82. The van der Waals surface area contributed by atoms with Crippen molar-refractivity contribution in [3.8, 4) is 0 Å². The van der Waals surface area contributed by atoms with Gasteiger partial charge in [0.05, 0.1) is 23.4 Å². The molecule has 5 heteroatoms. The van der Waals surface area contributed by atoms with E-state index in [2.05, 4.69) is 25.8 Å². The quantitative estimate of drug-likeness (QED) is 0.913. The Balaban J connectivity index is 2.19. The highest BCUT2D eigenvalue weighted by molar-refractivity contribution is 7.13. The van der Waals surface area contributed by atoms with Crippen LogP contribution in [0.15, 0.2) is 6.20 Å². The summed E-state index contributed by atoms with van der Waals surface area (Å²) in [7, 11) is 0. The van der Waals surface area contributed by atoms with Gasteiger partial charge in [0.25, 0.3) is 5.91 Å². The van der Waals surface area contributed by atoms with E-state index in [9.17, 15) is 9.90 Å². The maximum Gasteiger partial charge on any atom is 0.265 e. The number of aliphatic hydroxyl groups is 1. The van der Waals surface area contributed by atoms with E-state index in [0.717, 1.165) is 30.8 Å². The zero-order valence-electron chi connectivity index (χ0n) is 12.7. The molecule has 1 saturated heterocycles. The van der Waals surface area contributed by atoms with Crippen molar-refractivity contribution in [2.75, 3.05) is 6.54 Å². The Hall–Kier alpha value is -0.940. The summed E-state index contributed by atoms with van der Waals surface area (Å²) in [5.41, 5.74) is -0.0330. The number of carbonyl (C=O) groups excluding carboxylic acids is 1. The number of rotatable bonds is 2. The summed E-state index contributed by atoms with van der Waals surface area (Å²) in [5, 5.41) is 10.8. The van der Waals surface area contributed by atoms with Gasteiger partial charge in [0.15, 0.2) is 0 Å². The molecule has 2 rings (SSSR count). The van der Waals surface area contributed by atoms with Gasteiger partial charge in [-0.25, -0.2) is 4.98 Å². The summed E-state index contributed by atoms with van der Waals surface area (Å²) in [6, 6.07) is -0.0589. The van der Waals surface area contributed by atoms with Gasteiger partial charge in [0.1, 0.15) is 4.88 Å². The average molecular weight is 296 g/mol. The van der Waals surface area contributed by atoms with Crippen molar-refractivity contribution in [1.29, 1.82) is 0 Å². The van der Waals surface area contributed by atoms with E-state index < -0.39 is 6.10 Å². The van der Waals surface area contributed by atoms with E-state index in [1.165, 1.54) is 11.3 Å². The van der Waals surface area contributed by atoms with Gasteiger partial charge in [0, 0.05) is 12.0 Å². The number of carbonyl (C=O) groups is 1. The number of aliphatic hydroxyl groups excluding tert-OH is 1. The number of thiazole rings is 1. The highest BCUT2D eigenvalue weighted by Gasteiger charge is 2.32.